The third-order valence-electron chi connectivity index (χ3n) is 5.13. The van der Waals surface area contributed by atoms with Crippen molar-refractivity contribution in [1.82, 2.24) is 15.2 Å². The van der Waals surface area contributed by atoms with E-state index in [4.69, 9.17) is 0 Å². The van der Waals surface area contributed by atoms with Gasteiger partial charge in [0.1, 0.15) is 5.76 Å². The number of hydrogen-bond acceptors (Lipinski definition) is 4. The molecule has 0 radical (unpaired) electrons. The van der Waals surface area contributed by atoms with E-state index in [9.17, 15) is 14.7 Å². The highest BCUT2D eigenvalue weighted by Crippen LogP contribution is 2.38. The maximum Gasteiger partial charge on any atom is 0.262 e. The molecule has 0 spiro atoms. The van der Waals surface area contributed by atoms with Crippen molar-refractivity contribution in [2.75, 3.05) is 6.54 Å². The summed E-state index contributed by atoms with van der Waals surface area (Å²) in [5.41, 5.74) is 2.70. The van der Waals surface area contributed by atoms with Gasteiger partial charge in [0.25, 0.3) is 5.91 Å². The van der Waals surface area contributed by atoms with Crippen LogP contribution >= 0.6 is 0 Å². The van der Waals surface area contributed by atoms with Crippen molar-refractivity contribution in [3.8, 4) is 0 Å². The molecule has 0 aliphatic carbocycles. The van der Waals surface area contributed by atoms with Crippen LogP contribution in [0.4, 0.5) is 0 Å². The van der Waals surface area contributed by atoms with Gasteiger partial charge in [-0.05, 0) is 38.8 Å². The van der Waals surface area contributed by atoms with Crippen molar-refractivity contribution in [2.24, 2.45) is 0 Å². The lowest BCUT2D eigenvalue weighted by molar-refractivity contribution is -0.149. The average Bonchev–Trinajstić information content (AvgIpc) is 2.92. The Labute approximate surface area is 151 Å². The van der Waals surface area contributed by atoms with Crippen molar-refractivity contribution in [3.63, 3.8) is 0 Å². The van der Waals surface area contributed by atoms with Crippen LogP contribution in [0.2, 0.25) is 0 Å². The highest BCUT2D eigenvalue weighted by molar-refractivity contribution is 6.09. The van der Waals surface area contributed by atoms with Crippen molar-refractivity contribution >= 4 is 22.7 Å². The first kappa shape index (κ1) is 16.8. The zero-order valence-corrected chi connectivity index (χ0v) is 15.2. The number of hydrogen-bond donors (Lipinski definition) is 3. The molecule has 2 aliphatic rings. The Kier molecular flexibility index (Phi) is 3.70. The zero-order valence-electron chi connectivity index (χ0n) is 15.2. The molecular weight excluding hydrogens is 330 g/mol. The summed E-state index contributed by atoms with van der Waals surface area (Å²) >= 11 is 0. The average molecular weight is 353 g/mol. The number of amides is 2. The molecule has 6 nitrogen and oxygen atoms in total. The van der Waals surface area contributed by atoms with Gasteiger partial charge in [0, 0.05) is 28.7 Å². The molecule has 2 aromatic rings. The second-order valence-electron chi connectivity index (χ2n) is 7.94. The first-order valence-corrected chi connectivity index (χ1v) is 8.91. The number of imide groups is 1. The van der Waals surface area contributed by atoms with Gasteiger partial charge >= 0.3 is 0 Å². The van der Waals surface area contributed by atoms with Gasteiger partial charge in [-0.3, -0.25) is 14.5 Å². The molecule has 1 atom stereocenters. The summed E-state index contributed by atoms with van der Waals surface area (Å²) < 4.78 is 0. The molecule has 1 unspecified atom stereocenters. The number of aromatic amines is 1. The van der Waals surface area contributed by atoms with E-state index in [1.165, 1.54) is 4.90 Å². The largest absolute Gasteiger partial charge is 0.511 e. The van der Waals surface area contributed by atoms with Gasteiger partial charge in [0.2, 0.25) is 5.91 Å². The minimum Gasteiger partial charge on any atom is -0.511 e. The van der Waals surface area contributed by atoms with Gasteiger partial charge < -0.3 is 15.4 Å². The summed E-state index contributed by atoms with van der Waals surface area (Å²) in [6.07, 6.45) is 0.700. The van der Waals surface area contributed by atoms with Crippen molar-refractivity contribution < 1.29 is 14.7 Å². The number of nitrogens with one attached hydrogen (secondary N) is 2. The van der Waals surface area contributed by atoms with Crippen LogP contribution in [-0.2, 0) is 16.0 Å². The molecule has 3 N–H and O–H groups in total. The molecule has 136 valence electrons. The van der Waals surface area contributed by atoms with Crippen molar-refractivity contribution in [1.29, 1.82) is 0 Å². The molecule has 2 aliphatic heterocycles. The summed E-state index contributed by atoms with van der Waals surface area (Å²) in [4.78, 5) is 30.2. The third-order valence-corrected chi connectivity index (χ3v) is 5.13. The van der Waals surface area contributed by atoms with Crippen LogP contribution in [0, 0.1) is 0 Å². The molecule has 26 heavy (non-hydrogen) atoms. The molecule has 1 aromatic heterocycles. The number of benzene rings is 1. The third kappa shape index (κ3) is 2.44. The highest BCUT2D eigenvalue weighted by atomic mass is 16.3. The molecule has 2 amide bonds. The lowest BCUT2D eigenvalue weighted by atomic mass is 9.89. The molecule has 6 heteroatoms. The van der Waals surface area contributed by atoms with Gasteiger partial charge in [0.05, 0.1) is 18.0 Å². The Morgan fingerprint density at radius 2 is 1.92 bits per heavy atom. The summed E-state index contributed by atoms with van der Waals surface area (Å²) in [5.74, 6) is -0.920. The topological polar surface area (TPSA) is 85.4 Å². The Morgan fingerprint density at radius 1 is 1.19 bits per heavy atom. The van der Waals surface area contributed by atoms with Crippen LogP contribution < -0.4 is 5.32 Å². The van der Waals surface area contributed by atoms with Crippen LogP contribution in [-0.4, -0.2) is 38.9 Å². The lowest BCUT2D eigenvalue weighted by Gasteiger charge is -2.39. The van der Waals surface area contributed by atoms with E-state index < -0.39 is 17.5 Å². The SMILES string of the molecule is CC(C)(C)N1C(=O)CC(O)=C(C2NCCc3c2[nH]c2ccccc32)C1=O. The van der Waals surface area contributed by atoms with Gasteiger partial charge in [-0.15, -0.1) is 0 Å². The number of H-pyrrole nitrogens is 1. The molecule has 4 rings (SSSR count). The summed E-state index contributed by atoms with van der Waals surface area (Å²) in [5, 5.41) is 15.0. The molecular formula is C20H23N3O3. The number of aliphatic hydroxyl groups is 1. The number of carbonyl (C=O) groups is 2. The Balaban J connectivity index is 1.85. The van der Waals surface area contributed by atoms with Crippen LogP contribution in [0.25, 0.3) is 10.9 Å². The van der Waals surface area contributed by atoms with E-state index in [1.807, 2.05) is 39.0 Å². The van der Waals surface area contributed by atoms with Crippen LogP contribution in [0.3, 0.4) is 0 Å². The van der Waals surface area contributed by atoms with E-state index >= 15 is 0 Å². The first-order valence-electron chi connectivity index (χ1n) is 8.91. The maximum atomic E-state index is 13.2. The molecule has 0 saturated heterocycles. The van der Waals surface area contributed by atoms with Crippen LogP contribution in [0.1, 0.15) is 44.5 Å². The number of carbonyl (C=O) groups excluding carboxylic acids is 2. The molecule has 1 aromatic carbocycles. The van der Waals surface area contributed by atoms with E-state index in [-0.39, 0.29) is 23.7 Å². The number of aliphatic hydroxyl groups excluding tert-OH is 1. The Hall–Kier alpha value is -2.60. The normalized spacial score (nSPS) is 21.5. The summed E-state index contributed by atoms with van der Waals surface area (Å²) in [6.45, 7) is 6.18. The van der Waals surface area contributed by atoms with E-state index in [2.05, 4.69) is 16.4 Å². The van der Waals surface area contributed by atoms with E-state index in [0.717, 1.165) is 28.6 Å². The fourth-order valence-electron chi connectivity index (χ4n) is 4.07. The van der Waals surface area contributed by atoms with E-state index in [1.54, 1.807) is 0 Å². The number of fused-ring (bicyclic) bond motifs is 3. The molecule has 0 saturated carbocycles. The summed E-state index contributed by atoms with van der Waals surface area (Å²) in [6, 6.07) is 7.59. The van der Waals surface area contributed by atoms with Crippen molar-refractivity contribution in [3.05, 3.63) is 46.9 Å². The fourth-order valence-corrected chi connectivity index (χ4v) is 4.07. The summed E-state index contributed by atoms with van der Waals surface area (Å²) in [7, 11) is 0. The second kappa shape index (κ2) is 5.71. The maximum absolute atomic E-state index is 13.2. The fraction of sp³-hybridized carbons (Fsp3) is 0.400. The second-order valence-corrected chi connectivity index (χ2v) is 7.94. The zero-order chi connectivity index (χ0) is 18.6. The Morgan fingerprint density at radius 3 is 2.65 bits per heavy atom. The first-order chi connectivity index (χ1) is 12.3. The predicted molar refractivity (Wildman–Crippen MR) is 98.6 cm³/mol. The lowest BCUT2D eigenvalue weighted by Crippen LogP contribution is -2.54. The van der Waals surface area contributed by atoms with Crippen molar-refractivity contribution in [2.45, 2.75) is 45.2 Å². The monoisotopic (exact) mass is 353 g/mol. The Bertz CT molecular complexity index is 949. The minimum atomic E-state index is -0.641. The molecule has 0 fully saturated rings. The van der Waals surface area contributed by atoms with Crippen LogP contribution in [0.5, 0.6) is 0 Å². The van der Waals surface area contributed by atoms with Gasteiger partial charge in [-0.2, -0.15) is 0 Å². The van der Waals surface area contributed by atoms with Gasteiger partial charge in [0.15, 0.2) is 0 Å². The minimum absolute atomic E-state index is 0.135. The van der Waals surface area contributed by atoms with Crippen LogP contribution in [0.15, 0.2) is 35.6 Å². The quantitative estimate of drug-likeness (QED) is 0.688. The van der Waals surface area contributed by atoms with E-state index in [0.29, 0.717) is 6.54 Å². The number of aromatic nitrogens is 1. The van der Waals surface area contributed by atoms with Gasteiger partial charge in [-0.1, -0.05) is 18.2 Å². The standard InChI is InChI=1S/C20H23N3O3/c1-20(2,3)23-15(25)10-14(24)16(19(23)26)18-17-12(8-9-21-18)11-6-4-5-7-13(11)22-17/h4-7,18,21-22,24H,8-10H2,1-3H3. The predicted octanol–water partition coefficient (Wildman–Crippen LogP) is 2.72. The number of rotatable bonds is 1. The number of para-hydroxylation sites is 1. The van der Waals surface area contributed by atoms with Gasteiger partial charge in [-0.25, -0.2) is 0 Å². The highest BCUT2D eigenvalue weighted by Gasteiger charge is 2.43. The molecule has 0 bridgehead atoms. The molecule has 3 heterocycles. The number of nitrogens with zero attached hydrogens (tertiary/aromatic N) is 1. The smallest absolute Gasteiger partial charge is 0.262 e.